The van der Waals surface area contributed by atoms with Crippen LogP contribution in [-0.2, 0) is 0 Å². The molecule has 0 radical (unpaired) electrons. The summed E-state index contributed by atoms with van der Waals surface area (Å²) in [6.45, 7) is 4.07. The number of nitrogens with zero attached hydrogens (tertiary/aromatic N) is 3. The molecule has 0 saturated heterocycles. The summed E-state index contributed by atoms with van der Waals surface area (Å²) in [5.41, 5.74) is 6.52. The minimum atomic E-state index is -0.258. The van der Waals surface area contributed by atoms with Crippen LogP contribution in [0.3, 0.4) is 0 Å². The Balaban J connectivity index is 1.93. The van der Waals surface area contributed by atoms with Crippen molar-refractivity contribution in [2.45, 2.75) is 33.1 Å². The summed E-state index contributed by atoms with van der Waals surface area (Å²) in [7, 11) is 0. The maximum Gasteiger partial charge on any atom is 0.275 e. The molecule has 5 heteroatoms. The van der Waals surface area contributed by atoms with Gasteiger partial charge in [0.05, 0.1) is 11.3 Å². The molecule has 0 saturated carbocycles. The summed E-state index contributed by atoms with van der Waals surface area (Å²) in [6, 6.07) is 19.5. The average molecular weight is 360 g/mol. The highest BCUT2D eigenvalue weighted by molar-refractivity contribution is 6.00. The number of para-hydroxylation sites is 1. The molecule has 138 valence electrons. The molecule has 1 amide bonds. The predicted molar refractivity (Wildman–Crippen MR) is 109 cm³/mol. The van der Waals surface area contributed by atoms with E-state index >= 15 is 0 Å². The van der Waals surface area contributed by atoms with E-state index in [9.17, 15) is 4.79 Å². The fraction of sp³-hybridized carbons (Fsp3) is 0.227. The summed E-state index contributed by atoms with van der Waals surface area (Å²) < 4.78 is 1.73. The van der Waals surface area contributed by atoms with Crippen molar-refractivity contribution in [2.75, 3.05) is 0 Å². The fourth-order valence-electron chi connectivity index (χ4n) is 2.76. The highest BCUT2D eigenvalue weighted by Crippen LogP contribution is 2.23. The highest BCUT2D eigenvalue weighted by Gasteiger charge is 2.18. The molecule has 0 fully saturated rings. The molecular formula is C22H24N4O. The number of benzene rings is 2. The SMILES string of the molecule is CCCC/C(C)=N/NC(=O)c1cn(-c2ccccc2)nc1-c1ccccc1. The Hall–Kier alpha value is -3.21. The number of aromatic nitrogens is 2. The largest absolute Gasteiger partial charge is 0.275 e. The zero-order valence-electron chi connectivity index (χ0n) is 15.7. The van der Waals surface area contributed by atoms with Gasteiger partial charge >= 0.3 is 0 Å². The van der Waals surface area contributed by atoms with Crippen LogP contribution in [0.25, 0.3) is 16.9 Å². The van der Waals surface area contributed by atoms with Crippen LogP contribution in [0.1, 0.15) is 43.5 Å². The van der Waals surface area contributed by atoms with E-state index < -0.39 is 0 Å². The van der Waals surface area contributed by atoms with Crippen molar-refractivity contribution in [1.29, 1.82) is 0 Å². The Morgan fingerprint density at radius 2 is 1.74 bits per heavy atom. The van der Waals surface area contributed by atoms with E-state index in [2.05, 4.69) is 22.5 Å². The predicted octanol–water partition coefficient (Wildman–Crippen LogP) is 4.84. The first kappa shape index (κ1) is 18.6. The minimum absolute atomic E-state index is 0.258. The number of carbonyl (C=O) groups is 1. The van der Waals surface area contributed by atoms with Gasteiger partial charge in [0.2, 0.25) is 0 Å². The van der Waals surface area contributed by atoms with E-state index in [1.807, 2.05) is 67.6 Å². The summed E-state index contributed by atoms with van der Waals surface area (Å²) in [5, 5.41) is 8.89. The van der Waals surface area contributed by atoms with E-state index in [1.54, 1.807) is 10.9 Å². The van der Waals surface area contributed by atoms with Crippen molar-refractivity contribution >= 4 is 11.6 Å². The zero-order valence-corrected chi connectivity index (χ0v) is 15.7. The monoisotopic (exact) mass is 360 g/mol. The molecule has 1 aromatic heterocycles. The van der Waals surface area contributed by atoms with Gasteiger partial charge in [-0.25, -0.2) is 10.1 Å². The molecule has 1 heterocycles. The standard InChI is InChI=1S/C22H24N4O/c1-3-4-11-17(2)23-24-22(27)20-16-26(19-14-9-6-10-15-19)25-21(20)18-12-7-5-8-13-18/h5-10,12-16H,3-4,11H2,1-2H3,(H,24,27)/b23-17+. The Morgan fingerprint density at radius 3 is 2.41 bits per heavy atom. The molecule has 0 unspecified atom stereocenters. The molecule has 5 nitrogen and oxygen atoms in total. The maximum absolute atomic E-state index is 12.8. The van der Waals surface area contributed by atoms with Crippen molar-refractivity contribution in [3.63, 3.8) is 0 Å². The fourth-order valence-corrected chi connectivity index (χ4v) is 2.76. The van der Waals surface area contributed by atoms with Crippen molar-refractivity contribution in [3.8, 4) is 16.9 Å². The van der Waals surface area contributed by atoms with Crippen molar-refractivity contribution in [2.24, 2.45) is 5.10 Å². The molecule has 3 rings (SSSR count). The van der Waals surface area contributed by atoms with Crippen molar-refractivity contribution < 1.29 is 4.79 Å². The smallest absolute Gasteiger partial charge is 0.267 e. The second kappa shape index (κ2) is 8.94. The first-order chi connectivity index (χ1) is 13.2. The first-order valence-electron chi connectivity index (χ1n) is 9.23. The summed E-state index contributed by atoms with van der Waals surface area (Å²) >= 11 is 0. The van der Waals surface area contributed by atoms with Gasteiger partial charge in [-0.3, -0.25) is 4.79 Å². The van der Waals surface area contributed by atoms with Crippen LogP contribution in [0.5, 0.6) is 0 Å². The Morgan fingerprint density at radius 1 is 1.07 bits per heavy atom. The molecular weight excluding hydrogens is 336 g/mol. The summed E-state index contributed by atoms with van der Waals surface area (Å²) in [5.74, 6) is -0.258. The van der Waals surface area contributed by atoms with Gasteiger partial charge in [-0.1, -0.05) is 61.9 Å². The van der Waals surface area contributed by atoms with Gasteiger partial charge in [0, 0.05) is 17.5 Å². The van der Waals surface area contributed by atoms with Crippen LogP contribution in [0.15, 0.2) is 72.0 Å². The third kappa shape index (κ3) is 4.70. The van der Waals surface area contributed by atoms with E-state index in [1.165, 1.54) is 0 Å². The Bertz CT molecular complexity index is 914. The Labute approximate surface area is 159 Å². The molecule has 2 aromatic carbocycles. The number of rotatable bonds is 7. The summed E-state index contributed by atoms with van der Waals surface area (Å²) in [4.78, 5) is 12.8. The second-order valence-corrected chi connectivity index (χ2v) is 6.43. The molecule has 0 aliphatic heterocycles. The lowest BCUT2D eigenvalue weighted by Crippen LogP contribution is -2.19. The van der Waals surface area contributed by atoms with Gasteiger partial charge in [-0.05, 0) is 31.9 Å². The van der Waals surface area contributed by atoms with Crippen LogP contribution in [0.2, 0.25) is 0 Å². The molecule has 27 heavy (non-hydrogen) atoms. The average Bonchev–Trinajstić information content (AvgIpc) is 3.17. The number of nitrogens with one attached hydrogen (secondary N) is 1. The molecule has 0 spiro atoms. The van der Waals surface area contributed by atoms with Crippen molar-refractivity contribution in [3.05, 3.63) is 72.4 Å². The van der Waals surface area contributed by atoms with E-state index in [0.29, 0.717) is 11.3 Å². The van der Waals surface area contributed by atoms with Crippen LogP contribution >= 0.6 is 0 Å². The molecule has 0 aliphatic rings. The number of hydrazone groups is 1. The number of hydrogen-bond donors (Lipinski definition) is 1. The lowest BCUT2D eigenvalue weighted by atomic mass is 10.1. The second-order valence-electron chi connectivity index (χ2n) is 6.43. The van der Waals surface area contributed by atoms with Gasteiger partial charge in [0.15, 0.2) is 0 Å². The van der Waals surface area contributed by atoms with Crippen LogP contribution < -0.4 is 5.43 Å². The minimum Gasteiger partial charge on any atom is -0.267 e. The number of unbranched alkanes of at least 4 members (excludes halogenated alkanes) is 1. The quantitative estimate of drug-likeness (QED) is 0.484. The van der Waals surface area contributed by atoms with Gasteiger partial charge < -0.3 is 0 Å². The maximum atomic E-state index is 12.8. The van der Waals surface area contributed by atoms with Gasteiger partial charge in [-0.2, -0.15) is 10.2 Å². The van der Waals surface area contributed by atoms with E-state index in [-0.39, 0.29) is 5.91 Å². The molecule has 3 aromatic rings. The number of carbonyl (C=O) groups excluding carboxylic acids is 1. The van der Waals surface area contributed by atoms with Gasteiger partial charge in [0.1, 0.15) is 5.69 Å². The summed E-state index contributed by atoms with van der Waals surface area (Å²) in [6.07, 6.45) is 4.80. The Kier molecular flexibility index (Phi) is 6.15. The molecule has 0 atom stereocenters. The third-order valence-corrected chi connectivity index (χ3v) is 4.27. The van der Waals surface area contributed by atoms with Crippen LogP contribution in [0.4, 0.5) is 0 Å². The zero-order chi connectivity index (χ0) is 19.1. The molecule has 0 aliphatic carbocycles. The van der Waals surface area contributed by atoms with Crippen LogP contribution in [0, 0.1) is 0 Å². The van der Waals surface area contributed by atoms with Gasteiger partial charge in [-0.15, -0.1) is 0 Å². The molecule has 0 bridgehead atoms. The first-order valence-corrected chi connectivity index (χ1v) is 9.23. The number of amides is 1. The van der Waals surface area contributed by atoms with Crippen molar-refractivity contribution in [1.82, 2.24) is 15.2 Å². The third-order valence-electron chi connectivity index (χ3n) is 4.27. The van der Waals surface area contributed by atoms with E-state index in [4.69, 9.17) is 0 Å². The van der Waals surface area contributed by atoms with E-state index in [0.717, 1.165) is 36.2 Å². The number of hydrogen-bond acceptors (Lipinski definition) is 3. The molecule has 1 N–H and O–H groups in total. The van der Waals surface area contributed by atoms with Crippen LogP contribution in [-0.4, -0.2) is 21.4 Å². The normalized spacial score (nSPS) is 11.4. The van der Waals surface area contributed by atoms with Gasteiger partial charge in [0.25, 0.3) is 5.91 Å². The lowest BCUT2D eigenvalue weighted by molar-refractivity contribution is 0.0955. The highest BCUT2D eigenvalue weighted by atomic mass is 16.2. The topological polar surface area (TPSA) is 59.3 Å². The lowest BCUT2D eigenvalue weighted by Gasteiger charge is -2.03.